The summed E-state index contributed by atoms with van der Waals surface area (Å²) in [5, 5.41) is 9.68. The first-order chi connectivity index (χ1) is 39.6. The lowest BCUT2D eigenvalue weighted by molar-refractivity contribution is -0.161. The summed E-state index contributed by atoms with van der Waals surface area (Å²) in [7, 11) is 0. The summed E-state index contributed by atoms with van der Waals surface area (Å²) < 4.78 is 10.7. The molecule has 1 atom stereocenters. The standard InChI is InChI=1S/C75H118O5/c1-3-5-7-9-11-13-15-17-19-21-23-25-27-29-30-31-32-33-34-35-36-37-38-39-40-41-42-43-44-46-48-50-52-54-56-58-60-62-64-66-68-70-75(78)80-73(71-76)72-79-74(77)69-67-65-63-61-59-57-55-53-51-49-47-45-28-26-24-22-20-18-16-14-12-10-8-6-4-2/h5-8,11-14,17-20,23-26,29-30,32-33,35-36,38-39,45,47,51,53,57,59,73,76H,3-4,9-10,15-16,21-22,27-28,31,34,37,40-44,46,48-50,52,54-56,58,60-72H2,1-2H3/b7-5-,8-6-,13-11-,14-12-,19-17-,20-18-,25-23-,26-24-,30-29-,33-32-,36-35-,39-38-,47-45-,53-51-,59-57-. The number of carbonyl (C=O) groups is 2. The number of hydrogen-bond donors (Lipinski definition) is 1. The summed E-state index contributed by atoms with van der Waals surface area (Å²) in [5.74, 6) is -0.636. The summed E-state index contributed by atoms with van der Waals surface area (Å²) in [6.07, 6.45) is 107. The maximum Gasteiger partial charge on any atom is 0.306 e. The van der Waals surface area contributed by atoms with Crippen LogP contribution in [0.15, 0.2) is 182 Å². The van der Waals surface area contributed by atoms with Crippen LogP contribution in [-0.4, -0.2) is 36.4 Å². The Bertz CT molecular complexity index is 1820. The number of aliphatic hydroxyl groups excluding tert-OH is 1. The molecule has 0 saturated carbocycles. The third-order valence-corrected chi connectivity index (χ3v) is 13.2. The molecule has 0 aliphatic carbocycles. The molecule has 0 radical (unpaired) electrons. The number of carbonyl (C=O) groups excluding carboxylic acids is 2. The van der Waals surface area contributed by atoms with Crippen LogP contribution in [0.1, 0.15) is 258 Å². The molecule has 5 nitrogen and oxygen atoms in total. The molecule has 0 saturated heterocycles. The van der Waals surface area contributed by atoms with Gasteiger partial charge in [-0.1, -0.05) is 292 Å². The van der Waals surface area contributed by atoms with Crippen molar-refractivity contribution in [3.8, 4) is 0 Å². The molecule has 0 fully saturated rings. The van der Waals surface area contributed by atoms with Gasteiger partial charge >= 0.3 is 11.9 Å². The Balaban J connectivity index is 3.57. The zero-order valence-electron chi connectivity index (χ0n) is 51.3. The molecular formula is C75H118O5. The number of unbranched alkanes of at least 4 members (excludes halogenated alkanes) is 19. The van der Waals surface area contributed by atoms with Crippen molar-refractivity contribution >= 4 is 11.9 Å². The second kappa shape index (κ2) is 68.3. The van der Waals surface area contributed by atoms with E-state index in [-0.39, 0.29) is 25.2 Å². The number of rotatable bonds is 57. The van der Waals surface area contributed by atoms with Gasteiger partial charge in [0.15, 0.2) is 6.10 Å². The lowest BCUT2D eigenvalue weighted by Gasteiger charge is -2.15. The van der Waals surface area contributed by atoms with Crippen molar-refractivity contribution in [1.82, 2.24) is 0 Å². The van der Waals surface area contributed by atoms with Crippen molar-refractivity contribution in [2.75, 3.05) is 13.2 Å². The molecule has 0 aromatic heterocycles. The van der Waals surface area contributed by atoms with E-state index in [0.29, 0.717) is 12.8 Å². The van der Waals surface area contributed by atoms with Crippen LogP contribution in [0.5, 0.6) is 0 Å². The highest BCUT2D eigenvalue weighted by Gasteiger charge is 2.16. The molecule has 0 aromatic carbocycles. The number of esters is 2. The van der Waals surface area contributed by atoms with Crippen LogP contribution < -0.4 is 0 Å². The Morgan fingerprint density at radius 2 is 0.500 bits per heavy atom. The van der Waals surface area contributed by atoms with Gasteiger partial charge < -0.3 is 14.6 Å². The minimum Gasteiger partial charge on any atom is -0.462 e. The fourth-order valence-electron chi connectivity index (χ4n) is 8.43. The van der Waals surface area contributed by atoms with Crippen molar-refractivity contribution in [2.24, 2.45) is 0 Å². The van der Waals surface area contributed by atoms with Gasteiger partial charge in [-0.2, -0.15) is 0 Å². The third kappa shape index (κ3) is 65.5. The molecule has 0 spiro atoms. The second-order valence-corrected chi connectivity index (χ2v) is 20.7. The van der Waals surface area contributed by atoms with E-state index in [0.717, 1.165) is 141 Å². The van der Waals surface area contributed by atoms with Gasteiger partial charge in [-0.3, -0.25) is 9.59 Å². The van der Waals surface area contributed by atoms with Crippen molar-refractivity contribution < 1.29 is 24.2 Å². The molecule has 0 aliphatic heterocycles. The quantitative estimate of drug-likeness (QED) is 0.0373. The average molecular weight is 1100 g/mol. The minimum absolute atomic E-state index is 0.0930. The largest absolute Gasteiger partial charge is 0.462 e. The van der Waals surface area contributed by atoms with E-state index in [1.54, 1.807) is 0 Å². The van der Waals surface area contributed by atoms with Crippen molar-refractivity contribution in [2.45, 2.75) is 264 Å². The highest BCUT2D eigenvalue weighted by atomic mass is 16.6. The fraction of sp³-hybridized carbons (Fsp3) is 0.573. The van der Waals surface area contributed by atoms with Crippen LogP contribution in [0.3, 0.4) is 0 Å². The fourth-order valence-corrected chi connectivity index (χ4v) is 8.43. The normalized spacial score (nSPS) is 13.5. The Hall–Kier alpha value is -5.00. The van der Waals surface area contributed by atoms with Crippen LogP contribution in [0, 0.1) is 0 Å². The van der Waals surface area contributed by atoms with Gasteiger partial charge in [0.1, 0.15) is 6.61 Å². The summed E-state index contributed by atoms with van der Waals surface area (Å²) >= 11 is 0. The number of aliphatic hydroxyl groups is 1. The highest BCUT2D eigenvalue weighted by molar-refractivity contribution is 5.70. The Labute approximate surface area is 493 Å². The molecule has 1 unspecified atom stereocenters. The average Bonchev–Trinajstić information content (AvgIpc) is 3.46. The predicted octanol–water partition coefficient (Wildman–Crippen LogP) is 22.6. The Morgan fingerprint density at radius 3 is 0.762 bits per heavy atom. The van der Waals surface area contributed by atoms with Crippen molar-refractivity contribution in [1.29, 1.82) is 0 Å². The monoisotopic (exact) mass is 1100 g/mol. The van der Waals surface area contributed by atoms with Gasteiger partial charge in [0.2, 0.25) is 0 Å². The van der Waals surface area contributed by atoms with Crippen LogP contribution >= 0.6 is 0 Å². The number of hydrogen-bond acceptors (Lipinski definition) is 5. The van der Waals surface area contributed by atoms with Gasteiger partial charge in [-0.05, 0) is 135 Å². The lowest BCUT2D eigenvalue weighted by Crippen LogP contribution is -2.28. The molecule has 80 heavy (non-hydrogen) atoms. The van der Waals surface area contributed by atoms with E-state index in [1.165, 1.54) is 89.9 Å². The first-order valence-corrected chi connectivity index (χ1v) is 32.3. The summed E-state index contributed by atoms with van der Waals surface area (Å²) in [6.45, 7) is 3.88. The van der Waals surface area contributed by atoms with Crippen molar-refractivity contribution in [3.63, 3.8) is 0 Å². The molecule has 0 amide bonds. The third-order valence-electron chi connectivity index (χ3n) is 13.2. The maximum absolute atomic E-state index is 12.3. The van der Waals surface area contributed by atoms with Crippen LogP contribution in [-0.2, 0) is 19.1 Å². The molecule has 0 bridgehead atoms. The van der Waals surface area contributed by atoms with E-state index in [4.69, 9.17) is 9.47 Å². The maximum atomic E-state index is 12.3. The highest BCUT2D eigenvalue weighted by Crippen LogP contribution is 2.15. The van der Waals surface area contributed by atoms with Crippen molar-refractivity contribution in [3.05, 3.63) is 182 Å². The molecule has 0 rings (SSSR count). The lowest BCUT2D eigenvalue weighted by atomic mass is 10.0. The first-order valence-electron chi connectivity index (χ1n) is 32.3. The van der Waals surface area contributed by atoms with Gasteiger partial charge in [-0.15, -0.1) is 0 Å². The molecule has 5 heteroatoms. The zero-order chi connectivity index (χ0) is 57.6. The smallest absolute Gasteiger partial charge is 0.306 e. The van der Waals surface area contributed by atoms with E-state index < -0.39 is 6.10 Å². The Kier molecular flexibility index (Phi) is 64.0. The summed E-state index contributed by atoms with van der Waals surface area (Å²) in [5.41, 5.74) is 0. The minimum atomic E-state index is -0.800. The molecular weight excluding hydrogens is 981 g/mol. The topological polar surface area (TPSA) is 72.8 Å². The second-order valence-electron chi connectivity index (χ2n) is 20.7. The van der Waals surface area contributed by atoms with Gasteiger partial charge in [-0.25, -0.2) is 0 Å². The predicted molar refractivity (Wildman–Crippen MR) is 352 cm³/mol. The summed E-state index contributed by atoms with van der Waals surface area (Å²) in [6, 6.07) is 0. The van der Waals surface area contributed by atoms with Crippen LogP contribution in [0.4, 0.5) is 0 Å². The number of ether oxygens (including phenoxy) is 2. The SMILES string of the molecule is CC/C=C\C/C=C\C/C=C\C/C=C\C/C=C\C/C=C\C/C=C\C/C=C\CCCCCCCCCCCCCCCCCCC(=O)OC(CO)COC(=O)CCCCC/C=C\C/C=C\C/C=C\C/C=C\C/C=C\C/C=C\C/C=C\CC. The zero-order valence-corrected chi connectivity index (χ0v) is 51.3. The molecule has 0 aliphatic rings. The molecule has 0 heterocycles. The van der Waals surface area contributed by atoms with Crippen LogP contribution in [0.2, 0.25) is 0 Å². The van der Waals surface area contributed by atoms with Gasteiger partial charge in [0.25, 0.3) is 0 Å². The Morgan fingerprint density at radius 1 is 0.287 bits per heavy atom. The van der Waals surface area contributed by atoms with Crippen LogP contribution in [0.25, 0.3) is 0 Å². The number of allylic oxidation sites excluding steroid dienone is 30. The molecule has 1 N–H and O–H groups in total. The van der Waals surface area contributed by atoms with E-state index in [2.05, 4.69) is 196 Å². The van der Waals surface area contributed by atoms with Gasteiger partial charge in [0.05, 0.1) is 6.61 Å². The van der Waals surface area contributed by atoms with E-state index >= 15 is 0 Å². The summed E-state index contributed by atoms with van der Waals surface area (Å²) in [4.78, 5) is 24.6. The first kappa shape index (κ1) is 75.0. The molecule has 448 valence electrons. The van der Waals surface area contributed by atoms with E-state index in [9.17, 15) is 14.7 Å². The van der Waals surface area contributed by atoms with E-state index in [1.807, 2.05) is 0 Å². The van der Waals surface area contributed by atoms with Gasteiger partial charge in [0, 0.05) is 12.8 Å². The molecule has 0 aromatic rings.